The van der Waals surface area contributed by atoms with Crippen LogP contribution in [0.5, 0.6) is 0 Å². The number of aryl methyl sites for hydroxylation is 1. The monoisotopic (exact) mass is 415 g/mol. The number of benzene rings is 1. The molecule has 29 heavy (non-hydrogen) atoms. The maximum atomic E-state index is 6.09. The number of nitrogens with one attached hydrogen (secondary N) is 2. The Kier molecular flexibility index (Phi) is 8.92. The predicted molar refractivity (Wildman–Crippen MR) is 120 cm³/mol. The van der Waals surface area contributed by atoms with Crippen molar-refractivity contribution in [1.82, 2.24) is 20.5 Å². The third-order valence-electron chi connectivity index (χ3n) is 5.05. The van der Waals surface area contributed by atoms with Gasteiger partial charge in [-0.15, -0.1) is 11.3 Å². The Labute approximate surface area is 178 Å². The molecule has 0 unspecified atom stereocenters. The second kappa shape index (κ2) is 11.9. The van der Waals surface area contributed by atoms with Gasteiger partial charge in [-0.05, 0) is 31.7 Å². The van der Waals surface area contributed by atoms with Gasteiger partial charge in [0.1, 0.15) is 5.01 Å². The van der Waals surface area contributed by atoms with Crippen LogP contribution in [0.1, 0.15) is 34.7 Å². The van der Waals surface area contributed by atoms with E-state index in [1.54, 1.807) is 18.4 Å². The van der Waals surface area contributed by atoms with Crippen LogP contribution in [0.4, 0.5) is 0 Å². The van der Waals surface area contributed by atoms with Gasteiger partial charge in [0.05, 0.1) is 12.6 Å². The highest BCUT2D eigenvalue weighted by molar-refractivity contribution is 7.11. The van der Waals surface area contributed by atoms with Crippen molar-refractivity contribution in [3.05, 3.63) is 52.0 Å². The fraction of sp³-hybridized carbons (Fsp3) is 0.545. The summed E-state index contributed by atoms with van der Waals surface area (Å²) in [6.45, 7) is 7.69. The molecule has 0 atom stereocenters. The average Bonchev–Trinajstić information content (AvgIpc) is 3.17. The molecule has 1 saturated heterocycles. The van der Waals surface area contributed by atoms with Crippen LogP contribution in [0, 0.1) is 6.92 Å². The number of aliphatic imine (C=N–C) groups is 1. The van der Waals surface area contributed by atoms with E-state index in [0.29, 0.717) is 12.6 Å². The summed E-state index contributed by atoms with van der Waals surface area (Å²) >= 11 is 1.71. The Balaban J connectivity index is 1.23. The number of likely N-dealkylation sites (tertiary alicyclic amines) is 1. The van der Waals surface area contributed by atoms with Gasteiger partial charge in [0.2, 0.25) is 0 Å². The molecule has 158 valence electrons. The minimum Gasteiger partial charge on any atom is -0.378 e. The fourth-order valence-corrected chi connectivity index (χ4v) is 4.19. The van der Waals surface area contributed by atoms with Crippen LogP contribution in [0.3, 0.4) is 0 Å². The standard InChI is InChI=1S/C22H33N5OS/c1-18-15-25-21(29-18)16-26-22(23-2)24-11-6-14-28-20-9-12-27(13-10-20)17-19-7-4-3-5-8-19/h3-5,7-8,15,20H,6,9-14,16-17H2,1-2H3,(H2,23,24,26). The predicted octanol–water partition coefficient (Wildman–Crippen LogP) is 3.19. The number of rotatable bonds is 9. The lowest BCUT2D eigenvalue weighted by atomic mass is 10.1. The molecule has 6 nitrogen and oxygen atoms in total. The Morgan fingerprint density at radius 1 is 1.24 bits per heavy atom. The number of guanidine groups is 1. The maximum absolute atomic E-state index is 6.09. The molecular formula is C22H33N5OS. The summed E-state index contributed by atoms with van der Waals surface area (Å²) < 4.78 is 6.09. The van der Waals surface area contributed by atoms with E-state index >= 15 is 0 Å². The second-order valence-corrected chi connectivity index (χ2v) is 8.72. The van der Waals surface area contributed by atoms with Crippen LogP contribution in [-0.4, -0.2) is 55.2 Å². The minimum absolute atomic E-state index is 0.396. The summed E-state index contributed by atoms with van der Waals surface area (Å²) in [5.41, 5.74) is 1.39. The zero-order valence-electron chi connectivity index (χ0n) is 17.6. The lowest BCUT2D eigenvalue weighted by Gasteiger charge is -2.32. The SMILES string of the molecule is CN=C(NCCCOC1CCN(Cc2ccccc2)CC1)NCc1ncc(C)s1. The largest absolute Gasteiger partial charge is 0.378 e. The van der Waals surface area contributed by atoms with E-state index in [4.69, 9.17) is 4.74 Å². The minimum atomic E-state index is 0.396. The van der Waals surface area contributed by atoms with Gasteiger partial charge in [-0.2, -0.15) is 0 Å². The first-order valence-corrected chi connectivity index (χ1v) is 11.3. The number of nitrogens with zero attached hydrogens (tertiary/aromatic N) is 3. The summed E-state index contributed by atoms with van der Waals surface area (Å²) in [5, 5.41) is 7.73. The Bertz CT molecular complexity index is 741. The molecule has 0 saturated carbocycles. The number of ether oxygens (including phenoxy) is 1. The number of aromatic nitrogens is 1. The molecule has 2 N–H and O–H groups in total. The van der Waals surface area contributed by atoms with E-state index in [0.717, 1.165) is 63.0 Å². The third-order valence-corrected chi connectivity index (χ3v) is 5.96. The van der Waals surface area contributed by atoms with Crippen LogP contribution in [-0.2, 0) is 17.8 Å². The molecule has 1 fully saturated rings. The highest BCUT2D eigenvalue weighted by atomic mass is 32.1. The molecule has 7 heteroatoms. The van der Waals surface area contributed by atoms with Crippen molar-refractivity contribution in [1.29, 1.82) is 0 Å². The average molecular weight is 416 g/mol. The fourth-order valence-electron chi connectivity index (χ4n) is 3.47. The molecule has 2 heterocycles. The van der Waals surface area contributed by atoms with E-state index in [9.17, 15) is 0 Å². The molecule has 0 bridgehead atoms. The zero-order chi connectivity index (χ0) is 20.3. The third kappa shape index (κ3) is 7.76. The topological polar surface area (TPSA) is 61.8 Å². The normalized spacial score (nSPS) is 16.1. The first-order valence-electron chi connectivity index (χ1n) is 10.5. The van der Waals surface area contributed by atoms with Crippen molar-refractivity contribution in [3.8, 4) is 0 Å². The zero-order valence-corrected chi connectivity index (χ0v) is 18.4. The quantitative estimate of drug-likeness (QED) is 0.374. The summed E-state index contributed by atoms with van der Waals surface area (Å²) in [6, 6.07) is 10.7. The van der Waals surface area contributed by atoms with Gasteiger partial charge in [0, 0.05) is 50.9 Å². The summed E-state index contributed by atoms with van der Waals surface area (Å²) in [7, 11) is 1.79. The molecule has 0 radical (unpaired) electrons. The van der Waals surface area contributed by atoms with Crippen LogP contribution in [0.25, 0.3) is 0 Å². The molecule has 2 aromatic rings. The Morgan fingerprint density at radius 3 is 2.72 bits per heavy atom. The van der Waals surface area contributed by atoms with Crippen LogP contribution in [0.2, 0.25) is 0 Å². The van der Waals surface area contributed by atoms with E-state index in [1.807, 2.05) is 6.20 Å². The lowest BCUT2D eigenvalue weighted by molar-refractivity contribution is 0.00534. The van der Waals surface area contributed by atoms with Gasteiger partial charge in [-0.1, -0.05) is 30.3 Å². The molecular weight excluding hydrogens is 382 g/mol. The van der Waals surface area contributed by atoms with Gasteiger partial charge in [0.25, 0.3) is 0 Å². The number of piperidine rings is 1. The highest BCUT2D eigenvalue weighted by Gasteiger charge is 2.19. The maximum Gasteiger partial charge on any atom is 0.191 e. The highest BCUT2D eigenvalue weighted by Crippen LogP contribution is 2.16. The molecule has 0 amide bonds. The van der Waals surface area contributed by atoms with E-state index in [2.05, 4.69) is 62.8 Å². The van der Waals surface area contributed by atoms with Crippen LogP contribution in [0.15, 0.2) is 41.5 Å². The molecule has 0 spiro atoms. The first kappa shape index (κ1) is 21.7. The molecule has 1 aromatic heterocycles. The molecule has 1 aliphatic heterocycles. The lowest BCUT2D eigenvalue weighted by Crippen LogP contribution is -2.38. The smallest absolute Gasteiger partial charge is 0.191 e. The van der Waals surface area contributed by atoms with Gasteiger partial charge in [-0.25, -0.2) is 4.98 Å². The van der Waals surface area contributed by atoms with Crippen molar-refractivity contribution < 1.29 is 4.74 Å². The molecule has 0 aliphatic carbocycles. The summed E-state index contributed by atoms with van der Waals surface area (Å²) in [6.07, 6.45) is 5.52. The van der Waals surface area contributed by atoms with Crippen molar-refractivity contribution in [2.24, 2.45) is 4.99 Å². The van der Waals surface area contributed by atoms with Crippen molar-refractivity contribution in [2.45, 2.75) is 45.4 Å². The summed E-state index contributed by atoms with van der Waals surface area (Å²) in [4.78, 5) is 12.4. The number of hydrogen-bond donors (Lipinski definition) is 2. The molecule has 1 aromatic carbocycles. The van der Waals surface area contributed by atoms with Crippen LogP contribution >= 0.6 is 11.3 Å². The van der Waals surface area contributed by atoms with Gasteiger partial charge in [-0.3, -0.25) is 9.89 Å². The second-order valence-electron chi connectivity index (χ2n) is 7.40. The van der Waals surface area contributed by atoms with Crippen molar-refractivity contribution in [2.75, 3.05) is 33.3 Å². The number of hydrogen-bond acceptors (Lipinski definition) is 5. The van der Waals surface area contributed by atoms with E-state index < -0.39 is 0 Å². The van der Waals surface area contributed by atoms with Gasteiger partial charge >= 0.3 is 0 Å². The van der Waals surface area contributed by atoms with Crippen molar-refractivity contribution >= 4 is 17.3 Å². The summed E-state index contributed by atoms with van der Waals surface area (Å²) in [5.74, 6) is 0.812. The Hall–Kier alpha value is -1.96. The van der Waals surface area contributed by atoms with Gasteiger partial charge < -0.3 is 15.4 Å². The van der Waals surface area contributed by atoms with Crippen LogP contribution < -0.4 is 10.6 Å². The molecule has 3 rings (SSSR count). The Morgan fingerprint density at radius 2 is 2.03 bits per heavy atom. The number of thiazole rings is 1. The van der Waals surface area contributed by atoms with Crippen molar-refractivity contribution in [3.63, 3.8) is 0 Å². The first-order chi connectivity index (χ1) is 14.2. The molecule has 1 aliphatic rings. The van der Waals surface area contributed by atoms with E-state index in [-0.39, 0.29) is 0 Å². The van der Waals surface area contributed by atoms with E-state index in [1.165, 1.54) is 10.4 Å². The van der Waals surface area contributed by atoms with Gasteiger partial charge in [0.15, 0.2) is 5.96 Å².